The maximum absolute atomic E-state index is 5.25. The zero-order chi connectivity index (χ0) is 12.4. The van der Waals surface area contributed by atoms with Gasteiger partial charge >= 0.3 is 0 Å². The van der Waals surface area contributed by atoms with Crippen molar-refractivity contribution in [2.75, 3.05) is 25.1 Å². The summed E-state index contributed by atoms with van der Waals surface area (Å²) in [6.07, 6.45) is 1.59. The van der Waals surface area contributed by atoms with Gasteiger partial charge in [-0.2, -0.15) is 4.68 Å². The quantitative estimate of drug-likeness (QED) is 0.874. The molecule has 1 aromatic carbocycles. The summed E-state index contributed by atoms with van der Waals surface area (Å²) >= 11 is 0. The highest BCUT2D eigenvalue weighted by atomic mass is 16.5. The Hall–Kier alpha value is -1.95. The molecule has 0 spiro atoms. The van der Waals surface area contributed by atoms with E-state index in [-0.39, 0.29) is 5.41 Å². The van der Waals surface area contributed by atoms with Crippen LogP contribution < -0.4 is 5.32 Å². The maximum Gasteiger partial charge on any atom is 0.143 e. The smallest absolute Gasteiger partial charge is 0.143 e. The average molecular weight is 245 g/mol. The molecular weight excluding hydrogens is 230 g/mol. The Morgan fingerprint density at radius 1 is 1.39 bits per heavy atom. The molecule has 2 heterocycles. The van der Waals surface area contributed by atoms with Gasteiger partial charge in [-0.15, -0.1) is 5.10 Å². The van der Waals surface area contributed by atoms with E-state index in [1.165, 1.54) is 0 Å². The molecule has 1 saturated heterocycles. The van der Waals surface area contributed by atoms with E-state index in [1.54, 1.807) is 11.0 Å². The minimum Gasteiger partial charge on any atom is -0.383 e. The van der Waals surface area contributed by atoms with Crippen LogP contribution in [0.15, 0.2) is 30.6 Å². The van der Waals surface area contributed by atoms with Crippen molar-refractivity contribution >= 4 is 5.69 Å². The molecule has 1 aliphatic heterocycles. The minimum absolute atomic E-state index is 0.230. The van der Waals surface area contributed by atoms with Gasteiger partial charge in [0.2, 0.25) is 0 Å². The van der Waals surface area contributed by atoms with Crippen LogP contribution in [0.5, 0.6) is 0 Å². The first-order valence-corrected chi connectivity index (χ1v) is 5.91. The van der Waals surface area contributed by atoms with Gasteiger partial charge in [0.1, 0.15) is 6.33 Å². The molecule has 3 rings (SSSR count). The molecule has 18 heavy (non-hydrogen) atoms. The lowest BCUT2D eigenvalue weighted by molar-refractivity contribution is -0.0924. The summed E-state index contributed by atoms with van der Waals surface area (Å²) in [5, 5.41) is 14.7. The van der Waals surface area contributed by atoms with E-state index in [4.69, 9.17) is 4.74 Å². The second kappa shape index (κ2) is 4.38. The number of benzene rings is 1. The number of para-hydroxylation sites is 2. The molecule has 94 valence electrons. The van der Waals surface area contributed by atoms with Crippen LogP contribution in [0, 0.1) is 5.41 Å². The number of anilines is 1. The number of rotatable bonds is 4. The third-order valence-electron chi connectivity index (χ3n) is 3.11. The molecule has 0 radical (unpaired) electrons. The molecule has 0 saturated carbocycles. The molecule has 1 aromatic heterocycles. The molecule has 1 aliphatic rings. The topological polar surface area (TPSA) is 64.9 Å². The van der Waals surface area contributed by atoms with Gasteiger partial charge in [0.15, 0.2) is 0 Å². The van der Waals surface area contributed by atoms with E-state index in [9.17, 15) is 0 Å². The molecule has 0 aliphatic carbocycles. The number of aromatic nitrogens is 4. The zero-order valence-electron chi connectivity index (χ0n) is 10.2. The zero-order valence-corrected chi connectivity index (χ0v) is 10.2. The van der Waals surface area contributed by atoms with Crippen LogP contribution in [0.25, 0.3) is 5.69 Å². The fourth-order valence-electron chi connectivity index (χ4n) is 1.96. The number of nitrogens with one attached hydrogen (secondary N) is 1. The van der Waals surface area contributed by atoms with E-state index in [0.717, 1.165) is 31.1 Å². The van der Waals surface area contributed by atoms with Crippen LogP contribution in [-0.2, 0) is 4.74 Å². The van der Waals surface area contributed by atoms with E-state index < -0.39 is 0 Å². The van der Waals surface area contributed by atoms with Crippen LogP contribution in [-0.4, -0.2) is 40.0 Å². The standard InChI is InChI=1S/C12H15N5O/c1-12(7-18-8-12)6-13-10-4-2-3-5-11(10)17-9-14-15-16-17/h2-5,9,13H,6-8H2,1H3. The van der Waals surface area contributed by atoms with E-state index in [0.29, 0.717) is 0 Å². The normalized spacial score (nSPS) is 17.2. The number of tetrazole rings is 1. The predicted octanol–water partition coefficient (Wildman–Crippen LogP) is 1.11. The highest BCUT2D eigenvalue weighted by Crippen LogP contribution is 2.28. The summed E-state index contributed by atoms with van der Waals surface area (Å²) < 4.78 is 6.91. The van der Waals surface area contributed by atoms with Gasteiger partial charge in [-0.3, -0.25) is 0 Å². The van der Waals surface area contributed by atoms with Crippen molar-refractivity contribution in [3.63, 3.8) is 0 Å². The van der Waals surface area contributed by atoms with Crippen molar-refractivity contribution in [2.24, 2.45) is 5.41 Å². The molecule has 0 amide bonds. The average Bonchev–Trinajstić information content (AvgIpc) is 2.88. The molecule has 1 fully saturated rings. The number of hydrogen-bond acceptors (Lipinski definition) is 5. The molecule has 6 nitrogen and oxygen atoms in total. The van der Waals surface area contributed by atoms with Crippen LogP contribution >= 0.6 is 0 Å². The Labute approximate surface area is 105 Å². The maximum atomic E-state index is 5.25. The Kier molecular flexibility index (Phi) is 2.71. The first-order chi connectivity index (χ1) is 8.77. The van der Waals surface area contributed by atoms with Gasteiger partial charge in [-0.05, 0) is 22.6 Å². The molecular formula is C12H15N5O. The summed E-state index contributed by atoms with van der Waals surface area (Å²) in [6, 6.07) is 7.98. The summed E-state index contributed by atoms with van der Waals surface area (Å²) in [6.45, 7) is 4.72. The SMILES string of the molecule is CC1(CNc2ccccc2-n2cnnn2)COC1. The fraction of sp³-hybridized carbons (Fsp3) is 0.417. The molecule has 1 N–H and O–H groups in total. The van der Waals surface area contributed by atoms with Crippen molar-refractivity contribution in [2.45, 2.75) is 6.92 Å². The Balaban J connectivity index is 1.79. The molecule has 2 aromatic rings. The summed E-state index contributed by atoms with van der Waals surface area (Å²) in [7, 11) is 0. The lowest BCUT2D eigenvalue weighted by atomic mass is 9.88. The van der Waals surface area contributed by atoms with Gasteiger partial charge < -0.3 is 10.1 Å². The fourth-order valence-corrected chi connectivity index (χ4v) is 1.96. The lowest BCUT2D eigenvalue weighted by Gasteiger charge is -2.38. The Bertz CT molecular complexity index is 521. The second-order valence-electron chi connectivity index (χ2n) is 4.93. The van der Waals surface area contributed by atoms with Crippen LogP contribution in [0.3, 0.4) is 0 Å². The van der Waals surface area contributed by atoms with E-state index in [1.807, 2.05) is 24.3 Å². The second-order valence-corrected chi connectivity index (χ2v) is 4.93. The predicted molar refractivity (Wildman–Crippen MR) is 66.6 cm³/mol. The summed E-state index contributed by atoms with van der Waals surface area (Å²) in [5.41, 5.74) is 2.21. The van der Waals surface area contributed by atoms with Gasteiger partial charge in [0.05, 0.1) is 24.6 Å². The number of ether oxygens (including phenoxy) is 1. The highest BCUT2D eigenvalue weighted by molar-refractivity contribution is 5.60. The largest absolute Gasteiger partial charge is 0.383 e. The number of hydrogen-bond donors (Lipinski definition) is 1. The van der Waals surface area contributed by atoms with Crippen molar-refractivity contribution in [3.8, 4) is 5.69 Å². The van der Waals surface area contributed by atoms with Gasteiger partial charge in [-0.1, -0.05) is 19.1 Å². The summed E-state index contributed by atoms with van der Waals surface area (Å²) in [5.74, 6) is 0. The third-order valence-corrected chi connectivity index (χ3v) is 3.11. The first-order valence-electron chi connectivity index (χ1n) is 5.91. The highest BCUT2D eigenvalue weighted by Gasteiger charge is 2.33. The van der Waals surface area contributed by atoms with Crippen LogP contribution in [0.1, 0.15) is 6.92 Å². The van der Waals surface area contributed by atoms with Gasteiger partial charge in [-0.25, -0.2) is 0 Å². The van der Waals surface area contributed by atoms with Crippen molar-refractivity contribution < 1.29 is 4.74 Å². The summed E-state index contributed by atoms with van der Waals surface area (Å²) in [4.78, 5) is 0. The minimum atomic E-state index is 0.230. The number of nitrogens with zero attached hydrogens (tertiary/aromatic N) is 4. The first kappa shape index (κ1) is 11.2. The van der Waals surface area contributed by atoms with Gasteiger partial charge in [0.25, 0.3) is 0 Å². The van der Waals surface area contributed by atoms with Crippen LogP contribution in [0.2, 0.25) is 0 Å². The van der Waals surface area contributed by atoms with Crippen molar-refractivity contribution in [3.05, 3.63) is 30.6 Å². The lowest BCUT2D eigenvalue weighted by Crippen LogP contribution is -2.45. The molecule has 0 atom stereocenters. The van der Waals surface area contributed by atoms with Crippen LogP contribution in [0.4, 0.5) is 5.69 Å². The molecule has 6 heteroatoms. The Morgan fingerprint density at radius 3 is 2.89 bits per heavy atom. The third kappa shape index (κ3) is 2.06. The molecule has 0 bridgehead atoms. The van der Waals surface area contributed by atoms with E-state index in [2.05, 4.69) is 27.8 Å². The Morgan fingerprint density at radius 2 is 2.22 bits per heavy atom. The van der Waals surface area contributed by atoms with Crippen molar-refractivity contribution in [1.82, 2.24) is 20.2 Å². The molecule has 0 unspecified atom stereocenters. The van der Waals surface area contributed by atoms with Gasteiger partial charge in [0, 0.05) is 12.0 Å². The van der Waals surface area contributed by atoms with Crippen molar-refractivity contribution in [1.29, 1.82) is 0 Å². The monoisotopic (exact) mass is 245 g/mol. The van der Waals surface area contributed by atoms with E-state index >= 15 is 0 Å².